The van der Waals surface area contributed by atoms with E-state index in [1.165, 1.54) is 6.07 Å². The number of anilines is 1. The number of carbonyl (C=O) groups excluding carboxylic acids is 1. The summed E-state index contributed by atoms with van der Waals surface area (Å²) in [6.45, 7) is 8.28. The molecule has 3 N–H and O–H groups in total. The summed E-state index contributed by atoms with van der Waals surface area (Å²) in [7, 11) is 0. The van der Waals surface area contributed by atoms with Crippen LogP contribution < -0.4 is 16.2 Å². The summed E-state index contributed by atoms with van der Waals surface area (Å²) in [5, 5.41) is 0. The summed E-state index contributed by atoms with van der Waals surface area (Å²) in [5.74, 6) is 5.13. The van der Waals surface area contributed by atoms with Crippen LogP contribution in [0.1, 0.15) is 52.0 Å². The molecule has 5 heteroatoms. The van der Waals surface area contributed by atoms with Crippen LogP contribution in [0.4, 0.5) is 10.1 Å². The molecule has 0 saturated heterocycles. The molecule has 0 aliphatic carbocycles. The molecule has 1 amide bonds. The third-order valence-electron chi connectivity index (χ3n) is 4.38. The van der Waals surface area contributed by atoms with Crippen molar-refractivity contribution < 1.29 is 9.18 Å². The van der Waals surface area contributed by atoms with Gasteiger partial charge in [0.2, 0.25) is 0 Å². The average molecular weight is 293 g/mol. The van der Waals surface area contributed by atoms with E-state index in [9.17, 15) is 9.18 Å². The second-order valence-corrected chi connectivity index (χ2v) is 6.42. The zero-order chi connectivity index (χ0) is 15.8. The lowest BCUT2D eigenvalue weighted by Gasteiger charge is -2.50. The van der Waals surface area contributed by atoms with Crippen molar-refractivity contribution in [2.45, 2.75) is 58.0 Å². The number of nitrogens with zero attached hydrogens (tertiary/aromatic N) is 1. The number of hydrazine groups is 1. The molecule has 2 atom stereocenters. The van der Waals surface area contributed by atoms with Gasteiger partial charge in [-0.25, -0.2) is 10.2 Å². The maximum atomic E-state index is 13.6. The Hall–Kier alpha value is -1.62. The van der Waals surface area contributed by atoms with Gasteiger partial charge in [-0.05, 0) is 56.4 Å². The summed E-state index contributed by atoms with van der Waals surface area (Å²) >= 11 is 0. The number of hydrogen-bond acceptors (Lipinski definition) is 3. The maximum absolute atomic E-state index is 13.6. The van der Waals surface area contributed by atoms with Gasteiger partial charge in [-0.3, -0.25) is 10.2 Å². The molecule has 0 aromatic heterocycles. The predicted molar refractivity (Wildman–Crippen MR) is 82.4 cm³/mol. The van der Waals surface area contributed by atoms with Crippen LogP contribution in [0.3, 0.4) is 0 Å². The molecule has 116 valence electrons. The van der Waals surface area contributed by atoms with Gasteiger partial charge < -0.3 is 4.90 Å². The smallest absolute Gasteiger partial charge is 0.256 e. The fourth-order valence-electron chi connectivity index (χ4n) is 3.59. The van der Waals surface area contributed by atoms with Gasteiger partial charge >= 0.3 is 0 Å². The zero-order valence-corrected chi connectivity index (χ0v) is 13.1. The Kier molecular flexibility index (Phi) is 4.23. The van der Waals surface area contributed by atoms with Crippen LogP contribution in [0, 0.1) is 5.82 Å². The van der Waals surface area contributed by atoms with Crippen molar-refractivity contribution in [3.05, 3.63) is 29.6 Å². The molecule has 0 bridgehead atoms. The van der Waals surface area contributed by atoms with Crippen LogP contribution >= 0.6 is 0 Å². The molecule has 0 spiro atoms. The standard InChI is InChI=1S/C16H24FN3O/c1-5-13(15(21)19-18)20-14-7-6-11(17)8-12(14)10(2)9-16(20,3)4/h6-8,10,13H,5,9,18H2,1-4H3,(H,19,21)/t10-,13+/m0/s1. The third kappa shape index (κ3) is 2.75. The quantitative estimate of drug-likeness (QED) is 0.512. The Morgan fingerprint density at radius 2 is 2.24 bits per heavy atom. The van der Waals surface area contributed by atoms with E-state index in [4.69, 9.17) is 5.84 Å². The number of nitrogens with one attached hydrogen (secondary N) is 1. The van der Waals surface area contributed by atoms with Gasteiger partial charge in [-0.2, -0.15) is 0 Å². The van der Waals surface area contributed by atoms with Crippen molar-refractivity contribution >= 4 is 11.6 Å². The van der Waals surface area contributed by atoms with E-state index in [0.29, 0.717) is 6.42 Å². The van der Waals surface area contributed by atoms with Crippen LogP contribution in [-0.2, 0) is 4.79 Å². The van der Waals surface area contributed by atoms with E-state index in [1.807, 2.05) is 6.92 Å². The van der Waals surface area contributed by atoms with Crippen LogP contribution in [0.15, 0.2) is 18.2 Å². The lowest BCUT2D eigenvalue weighted by molar-refractivity contribution is -0.122. The molecule has 0 radical (unpaired) electrons. The molecular weight excluding hydrogens is 269 g/mol. The molecule has 0 saturated carbocycles. The van der Waals surface area contributed by atoms with Gasteiger partial charge in [0.05, 0.1) is 0 Å². The van der Waals surface area contributed by atoms with Gasteiger partial charge in [0, 0.05) is 11.2 Å². The van der Waals surface area contributed by atoms with Gasteiger partial charge in [-0.15, -0.1) is 0 Å². The fraction of sp³-hybridized carbons (Fsp3) is 0.562. The number of hydrogen-bond donors (Lipinski definition) is 2. The largest absolute Gasteiger partial charge is 0.354 e. The number of halogens is 1. The summed E-state index contributed by atoms with van der Waals surface area (Å²) in [4.78, 5) is 14.2. The van der Waals surface area contributed by atoms with Crippen molar-refractivity contribution in [2.24, 2.45) is 5.84 Å². The highest BCUT2D eigenvalue weighted by atomic mass is 19.1. The van der Waals surface area contributed by atoms with Gasteiger partial charge in [-0.1, -0.05) is 13.8 Å². The van der Waals surface area contributed by atoms with E-state index in [2.05, 4.69) is 31.1 Å². The van der Waals surface area contributed by atoms with Crippen LogP contribution in [0.2, 0.25) is 0 Å². The average Bonchev–Trinajstić information content (AvgIpc) is 2.42. The lowest BCUT2D eigenvalue weighted by Crippen LogP contribution is -2.59. The first kappa shape index (κ1) is 15.8. The first-order valence-electron chi connectivity index (χ1n) is 7.41. The molecule has 0 unspecified atom stereocenters. The number of carbonyl (C=O) groups is 1. The molecule has 1 aliphatic rings. The Labute approximate surface area is 125 Å². The molecule has 2 rings (SSSR count). The Bertz CT molecular complexity index is 544. The Balaban J connectivity index is 2.57. The third-order valence-corrected chi connectivity index (χ3v) is 4.38. The highest BCUT2D eigenvalue weighted by Gasteiger charge is 2.41. The zero-order valence-electron chi connectivity index (χ0n) is 13.1. The van der Waals surface area contributed by atoms with E-state index in [-0.39, 0.29) is 29.2 Å². The summed E-state index contributed by atoms with van der Waals surface area (Å²) in [6.07, 6.45) is 1.50. The topological polar surface area (TPSA) is 58.4 Å². The van der Waals surface area contributed by atoms with E-state index >= 15 is 0 Å². The predicted octanol–water partition coefficient (Wildman–Crippen LogP) is 2.69. The fourth-order valence-corrected chi connectivity index (χ4v) is 3.59. The van der Waals surface area contributed by atoms with Gasteiger partial charge in [0.1, 0.15) is 11.9 Å². The second-order valence-electron chi connectivity index (χ2n) is 6.42. The summed E-state index contributed by atoms with van der Waals surface area (Å²) in [5.41, 5.74) is 3.94. The monoisotopic (exact) mass is 293 g/mol. The minimum atomic E-state index is -0.360. The van der Waals surface area contributed by atoms with Crippen LogP contribution in [-0.4, -0.2) is 17.5 Å². The number of amides is 1. The first-order chi connectivity index (χ1) is 9.81. The van der Waals surface area contributed by atoms with Gasteiger partial charge in [0.15, 0.2) is 0 Å². The maximum Gasteiger partial charge on any atom is 0.256 e. The Morgan fingerprint density at radius 1 is 1.57 bits per heavy atom. The molecule has 1 aliphatic heterocycles. The molecule has 1 aromatic rings. The number of nitrogens with two attached hydrogens (primary N) is 1. The molecule has 0 fully saturated rings. The lowest BCUT2D eigenvalue weighted by atomic mass is 9.79. The van der Waals surface area contributed by atoms with Gasteiger partial charge in [0.25, 0.3) is 5.91 Å². The van der Waals surface area contributed by atoms with Crippen LogP contribution in [0.25, 0.3) is 0 Å². The SMILES string of the molecule is CC[C@H](C(=O)NN)N1c2ccc(F)cc2[C@@H](C)CC1(C)C. The van der Waals surface area contributed by atoms with Crippen molar-refractivity contribution in [1.82, 2.24) is 5.43 Å². The number of benzene rings is 1. The molecular formula is C16H24FN3O. The van der Waals surface area contributed by atoms with Crippen molar-refractivity contribution in [3.8, 4) is 0 Å². The van der Waals surface area contributed by atoms with Crippen LogP contribution in [0.5, 0.6) is 0 Å². The normalized spacial score (nSPS) is 21.6. The van der Waals surface area contributed by atoms with Crippen molar-refractivity contribution in [1.29, 1.82) is 0 Å². The summed E-state index contributed by atoms with van der Waals surface area (Å²) in [6, 6.07) is 4.44. The molecule has 4 nitrogen and oxygen atoms in total. The van der Waals surface area contributed by atoms with E-state index in [0.717, 1.165) is 17.7 Å². The second kappa shape index (κ2) is 5.64. The van der Waals surface area contributed by atoms with Crippen molar-refractivity contribution in [2.75, 3.05) is 4.90 Å². The first-order valence-corrected chi connectivity index (χ1v) is 7.41. The van der Waals surface area contributed by atoms with E-state index < -0.39 is 0 Å². The highest BCUT2D eigenvalue weighted by molar-refractivity contribution is 5.86. The Morgan fingerprint density at radius 3 is 2.81 bits per heavy atom. The number of rotatable bonds is 3. The minimum Gasteiger partial charge on any atom is -0.354 e. The summed E-state index contributed by atoms with van der Waals surface area (Å²) < 4.78 is 13.6. The molecule has 21 heavy (non-hydrogen) atoms. The number of fused-ring (bicyclic) bond motifs is 1. The minimum absolute atomic E-state index is 0.197. The van der Waals surface area contributed by atoms with E-state index in [1.54, 1.807) is 12.1 Å². The van der Waals surface area contributed by atoms with Crippen molar-refractivity contribution in [3.63, 3.8) is 0 Å². The molecule has 1 aromatic carbocycles. The molecule has 1 heterocycles. The highest BCUT2D eigenvalue weighted by Crippen LogP contribution is 2.44.